The summed E-state index contributed by atoms with van der Waals surface area (Å²) in [6.07, 6.45) is 6.11. The number of hydrogen-bond donors (Lipinski definition) is 3. The van der Waals surface area contributed by atoms with Crippen LogP contribution in [-0.2, 0) is 4.79 Å². The number of aromatic nitrogens is 1. The van der Waals surface area contributed by atoms with Crippen molar-refractivity contribution in [2.75, 3.05) is 0 Å². The Morgan fingerprint density at radius 2 is 1.94 bits per heavy atom. The summed E-state index contributed by atoms with van der Waals surface area (Å²) in [5.74, 6) is 7.23. The number of para-hydroxylation sites is 2. The van der Waals surface area contributed by atoms with Crippen molar-refractivity contribution in [2.24, 2.45) is 17.5 Å². The second kappa shape index (κ2) is 7.98. The molecule has 2 aromatic carbocycles. The van der Waals surface area contributed by atoms with Crippen LogP contribution in [0.1, 0.15) is 44.6 Å². The van der Waals surface area contributed by atoms with Crippen LogP contribution < -0.4 is 16.9 Å². The maximum absolute atomic E-state index is 12.6. The topological polar surface area (TPSA) is 110 Å². The minimum atomic E-state index is 0.00374. The summed E-state index contributed by atoms with van der Waals surface area (Å²) in [7, 11) is 0. The van der Waals surface area contributed by atoms with Crippen LogP contribution in [0.3, 0.4) is 0 Å². The predicted octanol–water partition coefficient (Wildman–Crippen LogP) is 3.77. The molecule has 0 radical (unpaired) electrons. The van der Waals surface area contributed by atoms with E-state index < -0.39 is 0 Å². The first-order valence-corrected chi connectivity index (χ1v) is 11.2. The molecule has 2 aliphatic carbocycles. The van der Waals surface area contributed by atoms with E-state index in [1.54, 1.807) is 5.01 Å². The Kier molecular flexibility index (Phi) is 5.13. The Hall–Kier alpha value is -3.32. The molecule has 32 heavy (non-hydrogen) atoms. The number of rotatable bonds is 6. The molecule has 1 heterocycles. The molecule has 0 bridgehead atoms. The number of hydrogen-bond acceptors (Lipinski definition) is 6. The van der Waals surface area contributed by atoms with Gasteiger partial charge in [0.05, 0.1) is 5.70 Å². The Morgan fingerprint density at radius 3 is 2.62 bits per heavy atom. The van der Waals surface area contributed by atoms with Crippen molar-refractivity contribution >= 4 is 22.7 Å². The van der Waals surface area contributed by atoms with Crippen LogP contribution >= 0.6 is 0 Å². The van der Waals surface area contributed by atoms with Gasteiger partial charge in [-0.2, -0.15) is 0 Å². The number of nitrogens with zero attached hydrogens (tertiary/aromatic N) is 2. The van der Waals surface area contributed by atoms with Crippen molar-refractivity contribution in [3.05, 3.63) is 60.3 Å². The normalized spacial score (nSPS) is 22.1. The maximum Gasteiger partial charge on any atom is 0.227 e. The van der Waals surface area contributed by atoms with E-state index >= 15 is 0 Å². The third kappa shape index (κ3) is 3.96. The van der Waals surface area contributed by atoms with Crippen molar-refractivity contribution < 1.29 is 9.21 Å². The molecule has 0 spiro atoms. The Labute approximate surface area is 187 Å². The second-order valence-corrected chi connectivity index (χ2v) is 9.24. The zero-order valence-corrected chi connectivity index (χ0v) is 18.3. The minimum absolute atomic E-state index is 0.00374. The molecule has 2 atom stereocenters. The van der Waals surface area contributed by atoms with E-state index in [9.17, 15) is 4.79 Å². The van der Waals surface area contributed by atoms with Gasteiger partial charge in [0.15, 0.2) is 5.58 Å². The molecule has 2 fully saturated rings. The monoisotopic (exact) mass is 431 g/mol. The van der Waals surface area contributed by atoms with E-state index in [1.807, 2.05) is 48.5 Å². The zero-order chi connectivity index (χ0) is 22.3. The number of hydrazine groups is 1. The molecule has 166 valence electrons. The fourth-order valence-electron chi connectivity index (χ4n) is 4.47. The lowest BCUT2D eigenvalue weighted by Gasteiger charge is -2.28. The van der Waals surface area contributed by atoms with Gasteiger partial charge in [-0.25, -0.2) is 10.8 Å². The zero-order valence-electron chi connectivity index (χ0n) is 18.3. The molecule has 1 aromatic heterocycles. The van der Waals surface area contributed by atoms with Gasteiger partial charge < -0.3 is 20.5 Å². The average Bonchev–Trinajstić information content (AvgIpc) is 3.22. The average molecular weight is 432 g/mol. The third-order valence-corrected chi connectivity index (χ3v) is 6.75. The fourth-order valence-corrected chi connectivity index (χ4v) is 4.47. The molecule has 2 saturated carbocycles. The largest absolute Gasteiger partial charge is 0.436 e. The van der Waals surface area contributed by atoms with Crippen molar-refractivity contribution in [3.8, 4) is 11.5 Å². The summed E-state index contributed by atoms with van der Waals surface area (Å²) >= 11 is 0. The van der Waals surface area contributed by atoms with Crippen LogP contribution in [0.4, 0.5) is 0 Å². The highest BCUT2D eigenvalue weighted by Crippen LogP contribution is 2.37. The van der Waals surface area contributed by atoms with Gasteiger partial charge in [0, 0.05) is 34.8 Å². The van der Waals surface area contributed by atoms with Gasteiger partial charge in [-0.05, 0) is 63.3 Å². The van der Waals surface area contributed by atoms with E-state index in [4.69, 9.17) is 16.0 Å². The van der Waals surface area contributed by atoms with E-state index in [1.165, 1.54) is 6.20 Å². The number of fused-ring (bicyclic) bond motifs is 1. The summed E-state index contributed by atoms with van der Waals surface area (Å²) in [5, 5.41) is 4.91. The fraction of sp³-hybridized carbons (Fsp3) is 0.360. The number of carbonyl (C=O) groups excluding carboxylic acids is 1. The third-order valence-electron chi connectivity index (χ3n) is 6.75. The van der Waals surface area contributed by atoms with Gasteiger partial charge in [0.25, 0.3) is 0 Å². The summed E-state index contributed by atoms with van der Waals surface area (Å²) in [6.45, 7) is 2.10. The molecule has 1 amide bonds. The molecule has 0 aliphatic heterocycles. The number of amides is 1. The van der Waals surface area contributed by atoms with Gasteiger partial charge in [-0.3, -0.25) is 4.79 Å². The van der Waals surface area contributed by atoms with E-state index in [-0.39, 0.29) is 23.4 Å². The van der Waals surface area contributed by atoms with Crippen LogP contribution in [0.15, 0.2) is 59.1 Å². The quantitative estimate of drug-likeness (QED) is 0.405. The van der Waals surface area contributed by atoms with Gasteiger partial charge in [0.1, 0.15) is 5.52 Å². The summed E-state index contributed by atoms with van der Waals surface area (Å²) in [4.78, 5) is 17.1. The molecule has 3 aromatic rings. The predicted molar refractivity (Wildman–Crippen MR) is 125 cm³/mol. The molecule has 5 N–H and O–H groups in total. The lowest BCUT2D eigenvalue weighted by molar-refractivity contribution is -0.125. The van der Waals surface area contributed by atoms with Gasteiger partial charge >= 0.3 is 0 Å². The highest BCUT2D eigenvalue weighted by atomic mass is 16.3. The van der Waals surface area contributed by atoms with Crippen LogP contribution in [0, 0.1) is 5.92 Å². The maximum atomic E-state index is 12.6. The van der Waals surface area contributed by atoms with Crippen LogP contribution in [-0.4, -0.2) is 27.5 Å². The first-order chi connectivity index (χ1) is 15.5. The molecule has 0 saturated heterocycles. The summed E-state index contributed by atoms with van der Waals surface area (Å²) in [6, 6.07) is 15.6. The van der Waals surface area contributed by atoms with Crippen LogP contribution in [0.2, 0.25) is 0 Å². The van der Waals surface area contributed by atoms with E-state index in [2.05, 4.69) is 17.2 Å². The molecular weight excluding hydrogens is 402 g/mol. The van der Waals surface area contributed by atoms with E-state index in [0.29, 0.717) is 5.89 Å². The molecule has 5 rings (SSSR count). The number of nitrogens with two attached hydrogens (primary N) is 2. The van der Waals surface area contributed by atoms with Gasteiger partial charge in [-0.1, -0.05) is 24.3 Å². The van der Waals surface area contributed by atoms with Gasteiger partial charge in [0.2, 0.25) is 11.8 Å². The highest BCUT2D eigenvalue weighted by molar-refractivity contribution is 5.80. The molecule has 7 nitrogen and oxygen atoms in total. The van der Waals surface area contributed by atoms with Crippen molar-refractivity contribution in [3.63, 3.8) is 0 Å². The number of oxazole rings is 1. The second-order valence-electron chi connectivity index (χ2n) is 9.24. The number of nitrogens with one attached hydrogen (secondary N) is 1. The lowest BCUT2D eigenvalue weighted by atomic mass is 10.1. The van der Waals surface area contributed by atoms with E-state index in [0.717, 1.165) is 60.0 Å². The van der Waals surface area contributed by atoms with Gasteiger partial charge in [-0.15, -0.1) is 0 Å². The summed E-state index contributed by atoms with van der Waals surface area (Å²) < 4.78 is 5.86. The molecule has 2 unspecified atom stereocenters. The van der Waals surface area contributed by atoms with Crippen LogP contribution in [0.25, 0.3) is 28.3 Å². The summed E-state index contributed by atoms with van der Waals surface area (Å²) in [5.41, 5.74) is 10.1. The standard InChI is InChI=1S/C25H29N5O2/c1-25(12-13-25)29-23(31)18-10-11-19(14-18)30(27)21(15-26)16-6-8-17(9-7-16)24-28-20-4-2-3-5-22(20)32-24/h2-9,15,18-19H,10-14,26-27H2,1H3,(H,29,31)/b21-15-. The Balaban J connectivity index is 1.27. The van der Waals surface area contributed by atoms with Crippen molar-refractivity contribution in [2.45, 2.75) is 50.6 Å². The molecular formula is C25H29N5O2. The van der Waals surface area contributed by atoms with Crippen molar-refractivity contribution in [1.82, 2.24) is 15.3 Å². The lowest BCUT2D eigenvalue weighted by Crippen LogP contribution is -2.41. The first kappa shape index (κ1) is 20.6. The SMILES string of the molecule is CC1(NC(=O)C2CCC(N(N)/C(=C\N)c3ccc(-c4nc5ccccc5o4)cc3)C2)CC1. The van der Waals surface area contributed by atoms with Crippen molar-refractivity contribution in [1.29, 1.82) is 0 Å². The molecule has 7 heteroatoms. The minimum Gasteiger partial charge on any atom is -0.436 e. The number of benzene rings is 2. The Morgan fingerprint density at radius 1 is 1.19 bits per heavy atom. The number of carbonyl (C=O) groups is 1. The first-order valence-electron chi connectivity index (χ1n) is 11.2. The smallest absolute Gasteiger partial charge is 0.227 e. The Bertz CT molecular complexity index is 1130. The molecule has 2 aliphatic rings. The highest BCUT2D eigenvalue weighted by Gasteiger charge is 2.42. The van der Waals surface area contributed by atoms with Crippen LogP contribution in [0.5, 0.6) is 0 Å².